The van der Waals surface area contributed by atoms with Gasteiger partial charge in [-0.25, -0.2) is 0 Å². The molecule has 1 unspecified atom stereocenters. The molecule has 0 nitrogen and oxygen atoms in total. The molecule has 0 bridgehead atoms. The summed E-state index contributed by atoms with van der Waals surface area (Å²) in [5.74, 6) is 0.847. The summed E-state index contributed by atoms with van der Waals surface area (Å²) in [6.07, 6.45) is 7.64. The van der Waals surface area contributed by atoms with Crippen molar-refractivity contribution in [1.82, 2.24) is 0 Å². The van der Waals surface area contributed by atoms with Crippen molar-refractivity contribution in [3.05, 3.63) is 11.6 Å². The standard InChI is InChI=1S/C11H22/c1-5-8-9-11(7-3)10(4)6-2/h6,11H,5,7-9H2,1-4H3. The largest absolute Gasteiger partial charge is 0.0885 e. The van der Waals surface area contributed by atoms with Gasteiger partial charge in [0.25, 0.3) is 0 Å². The monoisotopic (exact) mass is 154 g/mol. The van der Waals surface area contributed by atoms with Gasteiger partial charge in [-0.05, 0) is 32.6 Å². The third-order valence-electron chi connectivity index (χ3n) is 2.50. The molecule has 0 amide bonds. The Labute approximate surface area is 71.7 Å². The molecular weight excluding hydrogens is 132 g/mol. The van der Waals surface area contributed by atoms with Crippen LogP contribution in [-0.2, 0) is 0 Å². The van der Waals surface area contributed by atoms with E-state index in [0.717, 1.165) is 5.92 Å². The van der Waals surface area contributed by atoms with E-state index in [-0.39, 0.29) is 0 Å². The third-order valence-corrected chi connectivity index (χ3v) is 2.50. The molecule has 0 heterocycles. The van der Waals surface area contributed by atoms with E-state index in [4.69, 9.17) is 0 Å². The van der Waals surface area contributed by atoms with Crippen LogP contribution < -0.4 is 0 Å². The van der Waals surface area contributed by atoms with Gasteiger partial charge in [0.2, 0.25) is 0 Å². The second-order valence-corrected chi connectivity index (χ2v) is 3.28. The number of hydrogen-bond acceptors (Lipinski definition) is 0. The summed E-state index contributed by atoms with van der Waals surface area (Å²) in [4.78, 5) is 0. The molecule has 1 atom stereocenters. The van der Waals surface area contributed by atoms with Crippen LogP contribution in [0.15, 0.2) is 11.6 Å². The summed E-state index contributed by atoms with van der Waals surface area (Å²) in [6, 6.07) is 0. The molecule has 0 rings (SSSR count). The van der Waals surface area contributed by atoms with E-state index in [1.807, 2.05) is 0 Å². The van der Waals surface area contributed by atoms with Crippen LogP contribution in [0.4, 0.5) is 0 Å². The fourth-order valence-electron chi connectivity index (χ4n) is 1.44. The lowest BCUT2D eigenvalue weighted by atomic mass is 9.92. The Morgan fingerprint density at radius 3 is 2.36 bits per heavy atom. The van der Waals surface area contributed by atoms with Gasteiger partial charge < -0.3 is 0 Å². The summed E-state index contributed by atoms with van der Waals surface area (Å²) in [6.45, 7) is 8.94. The molecule has 0 radical (unpaired) electrons. The molecule has 0 aromatic carbocycles. The average Bonchev–Trinajstić information content (AvgIpc) is 2.05. The summed E-state index contributed by atoms with van der Waals surface area (Å²) in [7, 11) is 0. The average molecular weight is 154 g/mol. The topological polar surface area (TPSA) is 0 Å². The van der Waals surface area contributed by atoms with E-state index >= 15 is 0 Å². The highest BCUT2D eigenvalue weighted by Crippen LogP contribution is 2.20. The molecule has 0 N–H and O–H groups in total. The first kappa shape index (κ1) is 10.7. The highest BCUT2D eigenvalue weighted by Gasteiger charge is 2.05. The van der Waals surface area contributed by atoms with Crippen LogP contribution in [0.2, 0.25) is 0 Å². The van der Waals surface area contributed by atoms with Crippen LogP contribution in [0.1, 0.15) is 53.4 Å². The smallest absolute Gasteiger partial charge is 0.0209 e. The Bertz CT molecular complexity index is 111. The fourth-order valence-corrected chi connectivity index (χ4v) is 1.44. The zero-order valence-electron chi connectivity index (χ0n) is 8.48. The molecule has 0 aliphatic carbocycles. The van der Waals surface area contributed by atoms with Gasteiger partial charge >= 0.3 is 0 Å². The van der Waals surface area contributed by atoms with Gasteiger partial charge in [0.1, 0.15) is 0 Å². The highest BCUT2D eigenvalue weighted by molar-refractivity contribution is 5.00. The molecule has 0 fully saturated rings. The molecule has 0 aromatic heterocycles. The van der Waals surface area contributed by atoms with Crippen molar-refractivity contribution >= 4 is 0 Å². The van der Waals surface area contributed by atoms with Gasteiger partial charge in [0, 0.05) is 0 Å². The molecule has 0 saturated carbocycles. The molecule has 0 aromatic rings. The molecular formula is C11H22. The van der Waals surface area contributed by atoms with Crippen LogP contribution in [0.3, 0.4) is 0 Å². The molecule has 0 aliphatic rings. The number of hydrogen-bond donors (Lipinski definition) is 0. The Kier molecular flexibility index (Phi) is 6.30. The minimum atomic E-state index is 0.847. The van der Waals surface area contributed by atoms with E-state index < -0.39 is 0 Å². The predicted octanol–water partition coefficient (Wildman–Crippen LogP) is 4.17. The van der Waals surface area contributed by atoms with E-state index in [1.54, 1.807) is 5.57 Å². The van der Waals surface area contributed by atoms with Crippen LogP contribution in [0, 0.1) is 5.92 Å². The van der Waals surface area contributed by atoms with E-state index in [2.05, 4.69) is 33.8 Å². The van der Waals surface area contributed by atoms with Crippen LogP contribution >= 0.6 is 0 Å². The summed E-state index contributed by atoms with van der Waals surface area (Å²) in [5.41, 5.74) is 1.57. The number of rotatable bonds is 5. The van der Waals surface area contributed by atoms with Crippen molar-refractivity contribution in [3.8, 4) is 0 Å². The van der Waals surface area contributed by atoms with Crippen LogP contribution in [0.25, 0.3) is 0 Å². The lowest BCUT2D eigenvalue weighted by Gasteiger charge is -2.14. The second kappa shape index (κ2) is 6.45. The minimum absolute atomic E-state index is 0.847. The zero-order chi connectivity index (χ0) is 8.69. The maximum atomic E-state index is 2.29. The first-order valence-corrected chi connectivity index (χ1v) is 4.89. The predicted molar refractivity (Wildman–Crippen MR) is 52.7 cm³/mol. The van der Waals surface area contributed by atoms with Gasteiger partial charge in [-0.15, -0.1) is 0 Å². The molecule has 0 spiro atoms. The van der Waals surface area contributed by atoms with Crippen molar-refractivity contribution in [2.75, 3.05) is 0 Å². The number of allylic oxidation sites excluding steroid dienone is 2. The van der Waals surface area contributed by atoms with Gasteiger partial charge in [-0.2, -0.15) is 0 Å². The first-order valence-electron chi connectivity index (χ1n) is 4.89. The maximum Gasteiger partial charge on any atom is -0.0209 e. The first-order chi connectivity index (χ1) is 5.26. The molecule has 11 heavy (non-hydrogen) atoms. The molecule has 0 heteroatoms. The van der Waals surface area contributed by atoms with Gasteiger partial charge in [0.15, 0.2) is 0 Å². The van der Waals surface area contributed by atoms with Crippen molar-refractivity contribution < 1.29 is 0 Å². The minimum Gasteiger partial charge on any atom is -0.0885 e. The van der Waals surface area contributed by atoms with Crippen LogP contribution in [0.5, 0.6) is 0 Å². The van der Waals surface area contributed by atoms with Crippen LogP contribution in [-0.4, -0.2) is 0 Å². The summed E-state index contributed by atoms with van der Waals surface area (Å²) in [5, 5.41) is 0. The molecule has 0 saturated heterocycles. The SMILES string of the molecule is CC=C(C)C(CC)CCCC. The van der Waals surface area contributed by atoms with E-state index in [9.17, 15) is 0 Å². The Balaban J connectivity index is 3.75. The maximum absolute atomic E-state index is 2.29. The summed E-state index contributed by atoms with van der Waals surface area (Å²) >= 11 is 0. The van der Waals surface area contributed by atoms with Crippen molar-refractivity contribution in [2.45, 2.75) is 53.4 Å². The van der Waals surface area contributed by atoms with Gasteiger partial charge in [-0.3, -0.25) is 0 Å². The van der Waals surface area contributed by atoms with E-state index in [0.29, 0.717) is 0 Å². The Morgan fingerprint density at radius 1 is 1.36 bits per heavy atom. The van der Waals surface area contributed by atoms with Gasteiger partial charge in [-0.1, -0.05) is 38.3 Å². The summed E-state index contributed by atoms with van der Waals surface area (Å²) < 4.78 is 0. The Morgan fingerprint density at radius 2 is 2.00 bits per heavy atom. The van der Waals surface area contributed by atoms with Crippen molar-refractivity contribution in [1.29, 1.82) is 0 Å². The molecule has 0 aliphatic heterocycles. The zero-order valence-corrected chi connectivity index (χ0v) is 8.48. The van der Waals surface area contributed by atoms with Crippen molar-refractivity contribution in [3.63, 3.8) is 0 Å². The van der Waals surface area contributed by atoms with Gasteiger partial charge in [0.05, 0.1) is 0 Å². The lowest BCUT2D eigenvalue weighted by Crippen LogP contribution is -1.99. The third kappa shape index (κ3) is 4.23. The van der Waals surface area contributed by atoms with E-state index in [1.165, 1.54) is 25.7 Å². The second-order valence-electron chi connectivity index (χ2n) is 3.28. The highest BCUT2D eigenvalue weighted by atomic mass is 14.1. The quantitative estimate of drug-likeness (QED) is 0.521. The Hall–Kier alpha value is -0.260. The molecule has 66 valence electrons. The van der Waals surface area contributed by atoms with Crippen molar-refractivity contribution in [2.24, 2.45) is 5.92 Å². The number of unbranched alkanes of at least 4 members (excludes halogenated alkanes) is 1. The lowest BCUT2D eigenvalue weighted by molar-refractivity contribution is 0.514. The fraction of sp³-hybridized carbons (Fsp3) is 0.818. The normalized spacial score (nSPS) is 15.1.